The largest absolute Gasteiger partial charge is 0.505 e. The molecule has 0 amide bonds. The average molecular weight is 555 g/mol. The molecule has 0 aliphatic heterocycles. The van der Waals surface area contributed by atoms with Gasteiger partial charge < -0.3 is 15.7 Å². The van der Waals surface area contributed by atoms with Crippen molar-refractivity contribution in [2.45, 2.75) is 0 Å². The highest BCUT2D eigenvalue weighted by Crippen LogP contribution is 2.42. The van der Waals surface area contributed by atoms with Gasteiger partial charge >= 0.3 is 0 Å². The van der Waals surface area contributed by atoms with E-state index in [0.29, 0.717) is 5.69 Å². The molecule has 0 spiro atoms. The van der Waals surface area contributed by atoms with Gasteiger partial charge in [-0.2, -0.15) is 0 Å². The van der Waals surface area contributed by atoms with Crippen molar-refractivity contribution in [3.8, 4) is 39.1 Å². The van der Waals surface area contributed by atoms with Gasteiger partial charge in [0.15, 0.2) is 0 Å². The molecule has 0 aliphatic rings. The molecule has 3 heteroatoms. The fourth-order valence-electron chi connectivity index (χ4n) is 5.69. The van der Waals surface area contributed by atoms with Gasteiger partial charge in [-0.3, -0.25) is 0 Å². The molecule has 7 aromatic rings. The summed E-state index contributed by atoms with van der Waals surface area (Å²) >= 11 is 0. The first-order valence-electron chi connectivity index (χ1n) is 14.4. The van der Waals surface area contributed by atoms with Gasteiger partial charge in [-0.15, -0.1) is 0 Å². The minimum atomic E-state index is 0.124. The number of hydrogen-bond donors (Lipinski definition) is 2. The predicted molar refractivity (Wildman–Crippen MR) is 181 cm³/mol. The van der Waals surface area contributed by atoms with Crippen LogP contribution < -0.4 is 10.6 Å². The van der Waals surface area contributed by atoms with Crippen molar-refractivity contribution < 1.29 is 5.11 Å². The lowest BCUT2D eigenvalue weighted by molar-refractivity contribution is 0.484. The molecule has 0 aromatic heterocycles. The maximum Gasteiger partial charge on any atom is 0.146 e. The van der Waals surface area contributed by atoms with Crippen LogP contribution in [0.1, 0.15) is 0 Å². The lowest BCUT2D eigenvalue weighted by atomic mass is 9.99. The molecule has 0 aliphatic carbocycles. The van der Waals surface area contributed by atoms with Crippen LogP contribution in [0.15, 0.2) is 164 Å². The van der Waals surface area contributed by atoms with E-state index in [1.165, 1.54) is 11.1 Å². The molecule has 0 radical (unpaired) electrons. The second-order valence-electron chi connectivity index (χ2n) is 10.6. The zero-order chi connectivity index (χ0) is 29.2. The Kier molecular flexibility index (Phi) is 6.82. The zero-order valence-electron chi connectivity index (χ0n) is 23.6. The lowest BCUT2D eigenvalue weighted by Gasteiger charge is -2.28. The highest BCUT2D eigenvalue weighted by molar-refractivity contribution is 5.96. The van der Waals surface area contributed by atoms with Crippen LogP contribution >= 0.6 is 0 Å². The Morgan fingerprint density at radius 2 is 0.930 bits per heavy atom. The van der Waals surface area contributed by atoms with Crippen LogP contribution in [0.25, 0.3) is 44.2 Å². The monoisotopic (exact) mass is 554 g/mol. The molecule has 43 heavy (non-hydrogen) atoms. The summed E-state index contributed by atoms with van der Waals surface area (Å²) in [5.74, 6) is 0.124. The van der Waals surface area contributed by atoms with E-state index in [4.69, 9.17) is 5.73 Å². The Morgan fingerprint density at radius 3 is 1.58 bits per heavy atom. The van der Waals surface area contributed by atoms with Gasteiger partial charge in [-0.25, -0.2) is 0 Å². The number of nitrogens with zero attached hydrogens (tertiary/aromatic N) is 1. The highest BCUT2D eigenvalue weighted by Gasteiger charge is 2.17. The maximum atomic E-state index is 10.6. The fourth-order valence-corrected chi connectivity index (χ4v) is 5.69. The molecule has 7 rings (SSSR count). The van der Waals surface area contributed by atoms with Crippen LogP contribution in [0.5, 0.6) is 5.75 Å². The summed E-state index contributed by atoms with van der Waals surface area (Å²) in [6.07, 6.45) is 0. The smallest absolute Gasteiger partial charge is 0.146 e. The van der Waals surface area contributed by atoms with E-state index < -0.39 is 0 Å². The number of aromatic hydroxyl groups is 1. The van der Waals surface area contributed by atoms with Gasteiger partial charge in [0.1, 0.15) is 5.75 Å². The Hall–Kier alpha value is -5.80. The van der Waals surface area contributed by atoms with E-state index in [-0.39, 0.29) is 5.75 Å². The number of para-hydroxylation sites is 1. The van der Waals surface area contributed by atoms with Crippen molar-refractivity contribution in [3.05, 3.63) is 164 Å². The third-order valence-electron chi connectivity index (χ3n) is 7.95. The van der Waals surface area contributed by atoms with Gasteiger partial charge in [0, 0.05) is 22.3 Å². The van der Waals surface area contributed by atoms with Crippen LogP contribution in [-0.4, -0.2) is 5.11 Å². The molecular formula is C40H30N2O. The number of anilines is 4. The van der Waals surface area contributed by atoms with Crippen LogP contribution in [0, 0.1) is 0 Å². The standard InChI is InChI=1S/C40H30N2O/c41-38-26-21-32-15-16-33(27-37(32)40(38)43)30-19-24-35(25-20-30)42(34-22-17-29(18-23-34)28-9-3-1-4-10-28)39-14-8-7-13-36(39)31-11-5-2-6-12-31/h1-27,43H,41H2. The zero-order valence-corrected chi connectivity index (χ0v) is 23.6. The molecule has 7 aromatic carbocycles. The van der Waals surface area contributed by atoms with Gasteiger partial charge in [0.05, 0.1) is 11.4 Å². The molecule has 206 valence electrons. The number of fused-ring (bicyclic) bond motifs is 1. The highest BCUT2D eigenvalue weighted by atomic mass is 16.3. The lowest BCUT2D eigenvalue weighted by Crippen LogP contribution is -2.11. The SMILES string of the molecule is Nc1ccc2ccc(-c3ccc(N(c4ccc(-c5ccccc5)cc4)c4ccccc4-c4ccccc4)cc3)cc2c1O. The van der Waals surface area contributed by atoms with Crippen molar-refractivity contribution in [2.75, 3.05) is 10.6 Å². The molecule has 0 saturated carbocycles. The number of phenolic OH excluding ortho intramolecular Hbond substituents is 1. The number of phenols is 1. The van der Waals surface area contributed by atoms with E-state index in [2.05, 4.69) is 132 Å². The van der Waals surface area contributed by atoms with Gasteiger partial charge in [-0.1, -0.05) is 121 Å². The summed E-state index contributed by atoms with van der Waals surface area (Å²) < 4.78 is 0. The Labute approximate surface area is 251 Å². The minimum absolute atomic E-state index is 0.124. The van der Waals surface area contributed by atoms with Crippen LogP contribution in [0.3, 0.4) is 0 Å². The minimum Gasteiger partial charge on any atom is -0.505 e. The van der Waals surface area contributed by atoms with Gasteiger partial charge in [0.2, 0.25) is 0 Å². The van der Waals surface area contributed by atoms with E-state index in [9.17, 15) is 5.11 Å². The Bertz CT molecular complexity index is 2020. The summed E-state index contributed by atoms with van der Waals surface area (Å²) in [4.78, 5) is 2.31. The molecule has 0 saturated heterocycles. The number of nitrogen functional groups attached to an aromatic ring is 1. The van der Waals surface area contributed by atoms with E-state index in [1.807, 2.05) is 30.3 Å². The first-order chi connectivity index (χ1) is 21.2. The molecule has 0 atom stereocenters. The molecule has 3 nitrogen and oxygen atoms in total. The van der Waals surface area contributed by atoms with Crippen molar-refractivity contribution >= 4 is 33.5 Å². The Balaban J connectivity index is 1.33. The van der Waals surface area contributed by atoms with E-state index in [1.54, 1.807) is 6.07 Å². The summed E-state index contributed by atoms with van der Waals surface area (Å²) in [5.41, 5.74) is 16.3. The van der Waals surface area contributed by atoms with Crippen molar-refractivity contribution in [1.82, 2.24) is 0 Å². The first kappa shape index (κ1) is 26.1. The summed E-state index contributed by atoms with van der Waals surface area (Å²) in [5, 5.41) is 12.3. The number of rotatable bonds is 6. The van der Waals surface area contributed by atoms with Crippen LogP contribution in [-0.2, 0) is 0 Å². The maximum absolute atomic E-state index is 10.6. The van der Waals surface area contributed by atoms with Gasteiger partial charge in [0.25, 0.3) is 0 Å². The summed E-state index contributed by atoms with van der Waals surface area (Å²) in [6, 6.07) is 56.6. The fraction of sp³-hybridized carbons (Fsp3) is 0. The summed E-state index contributed by atoms with van der Waals surface area (Å²) in [7, 11) is 0. The molecule has 3 N–H and O–H groups in total. The second-order valence-corrected chi connectivity index (χ2v) is 10.6. The summed E-state index contributed by atoms with van der Waals surface area (Å²) in [6.45, 7) is 0. The quantitative estimate of drug-likeness (QED) is 0.159. The topological polar surface area (TPSA) is 49.5 Å². The number of hydrogen-bond acceptors (Lipinski definition) is 3. The second kappa shape index (κ2) is 11.2. The molecule has 0 bridgehead atoms. The van der Waals surface area contributed by atoms with E-state index in [0.717, 1.165) is 50.1 Å². The van der Waals surface area contributed by atoms with E-state index >= 15 is 0 Å². The van der Waals surface area contributed by atoms with Crippen molar-refractivity contribution in [3.63, 3.8) is 0 Å². The normalized spacial score (nSPS) is 11.0. The number of nitrogens with two attached hydrogens (primary N) is 1. The average Bonchev–Trinajstić information content (AvgIpc) is 3.08. The molecular weight excluding hydrogens is 524 g/mol. The first-order valence-corrected chi connectivity index (χ1v) is 14.4. The molecule has 0 fully saturated rings. The van der Waals surface area contributed by atoms with Crippen molar-refractivity contribution in [2.24, 2.45) is 0 Å². The Morgan fingerprint density at radius 1 is 0.442 bits per heavy atom. The third kappa shape index (κ3) is 5.09. The molecule has 0 unspecified atom stereocenters. The van der Waals surface area contributed by atoms with Gasteiger partial charge in [-0.05, 0) is 75.7 Å². The van der Waals surface area contributed by atoms with Crippen LogP contribution in [0.2, 0.25) is 0 Å². The number of benzene rings is 7. The van der Waals surface area contributed by atoms with Crippen molar-refractivity contribution in [1.29, 1.82) is 0 Å². The van der Waals surface area contributed by atoms with Crippen LogP contribution in [0.4, 0.5) is 22.7 Å². The predicted octanol–water partition coefficient (Wildman–Crippen LogP) is 10.6. The molecule has 0 heterocycles. The third-order valence-corrected chi connectivity index (χ3v) is 7.95.